The maximum atomic E-state index is 13.0. The monoisotopic (exact) mass is 379 g/mol. The van der Waals surface area contributed by atoms with Crippen LogP contribution in [0.1, 0.15) is 47.5 Å². The Morgan fingerprint density at radius 3 is 2.64 bits per heavy atom. The highest BCUT2D eigenvalue weighted by Gasteiger charge is 2.23. The SMILES string of the molecule is O=C(c1ccc(N2CCCOCC2)nc1)N1CCCC(c2ccccc2)CC1. The molecular weight excluding hydrogens is 350 g/mol. The molecule has 4 rings (SSSR count). The van der Waals surface area contributed by atoms with Crippen LogP contribution in [0.3, 0.4) is 0 Å². The number of amides is 1. The number of carbonyl (C=O) groups is 1. The summed E-state index contributed by atoms with van der Waals surface area (Å²) >= 11 is 0. The first-order valence-electron chi connectivity index (χ1n) is 10.4. The Hall–Kier alpha value is -2.40. The fraction of sp³-hybridized carbons (Fsp3) is 0.478. The van der Waals surface area contributed by atoms with E-state index in [9.17, 15) is 4.79 Å². The second kappa shape index (κ2) is 9.20. The maximum Gasteiger partial charge on any atom is 0.255 e. The molecule has 0 saturated carbocycles. The minimum Gasteiger partial charge on any atom is -0.380 e. The molecule has 0 aliphatic carbocycles. The van der Waals surface area contributed by atoms with Crippen LogP contribution in [0.25, 0.3) is 0 Å². The third kappa shape index (κ3) is 4.53. The number of hydrogen-bond acceptors (Lipinski definition) is 4. The van der Waals surface area contributed by atoms with Gasteiger partial charge in [0.1, 0.15) is 5.82 Å². The number of pyridine rings is 1. The molecule has 28 heavy (non-hydrogen) atoms. The molecule has 1 aromatic heterocycles. The first kappa shape index (κ1) is 18.9. The van der Waals surface area contributed by atoms with Gasteiger partial charge in [-0.1, -0.05) is 30.3 Å². The molecule has 2 aliphatic rings. The largest absolute Gasteiger partial charge is 0.380 e. The number of anilines is 1. The normalized spacial score (nSPS) is 21.1. The number of hydrogen-bond donors (Lipinski definition) is 0. The second-order valence-corrected chi connectivity index (χ2v) is 7.69. The van der Waals surface area contributed by atoms with Crippen LogP contribution in [0.4, 0.5) is 5.82 Å². The smallest absolute Gasteiger partial charge is 0.255 e. The Kier molecular flexibility index (Phi) is 6.22. The third-order valence-electron chi connectivity index (χ3n) is 5.83. The van der Waals surface area contributed by atoms with Crippen LogP contribution in [0, 0.1) is 0 Å². The van der Waals surface area contributed by atoms with Crippen molar-refractivity contribution in [3.05, 3.63) is 59.8 Å². The maximum absolute atomic E-state index is 13.0. The van der Waals surface area contributed by atoms with E-state index >= 15 is 0 Å². The van der Waals surface area contributed by atoms with Gasteiger partial charge in [0.25, 0.3) is 5.91 Å². The molecule has 0 spiro atoms. The lowest BCUT2D eigenvalue weighted by molar-refractivity contribution is 0.0760. The van der Waals surface area contributed by atoms with E-state index in [1.807, 2.05) is 17.0 Å². The number of nitrogens with zero attached hydrogens (tertiary/aromatic N) is 3. The summed E-state index contributed by atoms with van der Waals surface area (Å²) in [4.78, 5) is 21.8. The van der Waals surface area contributed by atoms with Gasteiger partial charge in [-0.05, 0) is 49.3 Å². The Balaban J connectivity index is 1.38. The third-order valence-corrected chi connectivity index (χ3v) is 5.83. The molecular formula is C23H29N3O2. The summed E-state index contributed by atoms with van der Waals surface area (Å²) in [5, 5.41) is 0. The van der Waals surface area contributed by atoms with Crippen LogP contribution in [0.15, 0.2) is 48.7 Å². The predicted octanol–water partition coefficient (Wildman–Crippen LogP) is 3.72. The van der Waals surface area contributed by atoms with Crippen molar-refractivity contribution in [1.29, 1.82) is 0 Å². The zero-order valence-electron chi connectivity index (χ0n) is 16.4. The van der Waals surface area contributed by atoms with Crippen LogP contribution in [-0.2, 0) is 4.74 Å². The summed E-state index contributed by atoms with van der Waals surface area (Å²) in [6.07, 6.45) is 5.96. The standard InChI is InChI=1S/C23H29N3O2/c27-23(21-9-10-22(24-18-21)25-13-5-16-28-17-15-25)26-12-4-8-20(11-14-26)19-6-2-1-3-7-19/h1-3,6-7,9-10,18,20H,4-5,8,11-17H2. The zero-order chi connectivity index (χ0) is 19.2. The van der Waals surface area contributed by atoms with Crippen LogP contribution >= 0.6 is 0 Å². The fourth-order valence-corrected chi connectivity index (χ4v) is 4.22. The number of likely N-dealkylation sites (tertiary alicyclic amines) is 1. The lowest BCUT2D eigenvalue weighted by atomic mass is 9.92. The van der Waals surface area contributed by atoms with Crippen molar-refractivity contribution < 1.29 is 9.53 Å². The van der Waals surface area contributed by atoms with Crippen molar-refractivity contribution in [3.8, 4) is 0 Å². The van der Waals surface area contributed by atoms with E-state index in [0.29, 0.717) is 11.5 Å². The molecule has 1 unspecified atom stereocenters. The Bertz CT molecular complexity index is 755. The molecule has 2 fully saturated rings. The molecule has 0 radical (unpaired) electrons. The summed E-state index contributed by atoms with van der Waals surface area (Å²) in [5.74, 6) is 1.58. The number of aromatic nitrogens is 1. The van der Waals surface area contributed by atoms with Gasteiger partial charge >= 0.3 is 0 Å². The number of carbonyl (C=O) groups excluding carboxylic acids is 1. The van der Waals surface area contributed by atoms with Crippen molar-refractivity contribution in [2.24, 2.45) is 0 Å². The molecule has 2 aromatic rings. The summed E-state index contributed by atoms with van der Waals surface area (Å²) in [6.45, 7) is 4.99. The van der Waals surface area contributed by atoms with E-state index in [1.54, 1.807) is 6.20 Å². The average molecular weight is 380 g/mol. The van der Waals surface area contributed by atoms with E-state index in [4.69, 9.17) is 4.74 Å². The molecule has 1 atom stereocenters. The summed E-state index contributed by atoms with van der Waals surface area (Å²) < 4.78 is 5.51. The summed E-state index contributed by atoms with van der Waals surface area (Å²) in [7, 11) is 0. The van der Waals surface area contributed by atoms with Gasteiger partial charge in [0.05, 0.1) is 12.2 Å². The van der Waals surface area contributed by atoms with Crippen molar-refractivity contribution >= 4 is 11.7 Å². The second-order valence-electron chi connectivity index (χ2n) is 7.69. The minimum atomic E-state index is 0.104. The van der Waals surface area contributed by atoms with Crippen molar-refractivity contribution in [2.75, 3.05) is 44.3 Å². The number of benzene rings is 1. The molecule has 2 saturated heterocycles. The lowest BCUT2D eigenvalue weighted by Crippen LogP contribution is -2.32. The molecule has 1 aromatic carbocycles. The molecule has 5 nitrogen and oxygen atoms in total. The van der Waals surface area contributed by atoms with Crippen molar-refractivity contribution in [1.82, 2.24) is 9.88 Å². The Morgan fingerprint density at radius 1 is 0.929 bits per heavy atom. The molecule has 5 heteroatoms. The highest BCUT2D eigenvalue weighted by molar-refractivity contribution is 5.94. The van der Waals surface area contributed by atoms with Crippen LogP contribution < -0.4 is 4.90 Å². The van der Waals surface area contributed by atoms with E-state index in [1.165, 1.54) is 5.56 Å². The van der Waals surface area contributed by atoms with Gasteiger partial charge in [-0.3, -0.25) is 4.79 Å². The van der Waals surface area contributed by atoms with Gasteiger partial charge < -0.3 is 14.5 Å². The minimum absolute atomic E-state index is 0.104. The van der Waals surface area contributed by atoms with Crippen LogP contribution in [0.2, 0.25) is 0 Å². The van der Waals surface area contributed by atoms with E-state index in [0.717, 1.165) is 70.9 Å². The molecule has 0 N–H and O–H groups in total. The molecule has 3 heterocycles. The highest BCUT2D eigenvalue weighted by atomic mass is 16.5. The quantitative estimate of drug-likeness (QED) is 0.815. The zero-order valence-corrected chi connectivity index (χ0v) is 16.4. The van der Waals surface area contributed by atoms with Crippen molar-refractivity contribution in [2.45, 2.75) is 31.6 Å². The fourth-order valence-electron chi connectivity index (χ4n) is 4.22. The predicted molar refractivity (Wildman–Crippen MR) is 111 cm³/mol. The van der Waals surface area contributed by atoms with E-state index in [-0.39, 0.29) is 5.91 Å². The van der Waals surface area contributed by atoms with Crippen molar-refractivity contribution in [3.63, 3.8) is 0 Å². The Morgan fingerprint density at radius 2 is 1.82 bits per heavy atom. The van der Waals surface area contributed by atoms with Crippen LogP contribution in [-0.4, -0.2) is 55.2 Å². The summed E-state index contributed by atoms with van der Waals surface area (Å²) in [5.41, 5.74) is 2.08. The first-order valence-corrected chi connectivity index (χ1v) is 10.4. The lowest BCUT2D eigenvalue weighted by Gasteiger charge is -2.22. The molecule has 1 amide bonds. The van der Waals surface area contributed by atoms with Gasteiger partial charge in [0.15, 0.2) is 0 Å². The van der Waals surface area contributed by atoms with Gasteiger partial charge in [0, 0.05) is 39.0 Å². The van der Waals surface area contributed by atoms with Gasteiger partial charge in [0.2, 0.25) is 0 Å². The molecule has 0 bridgehead atoms. The molecule has 2 aliphatic heterocycles. The highest BCUT2D eigenvalue weighted by Crippen LogP contribution is 2.28. The first-order chi connectivity index (χ1) is 13.8. The van der Waals surface area contributed by atoms with Gasteiger partial charge in [-0.2, -0.15) is 0 Å². The molecule has 148 valence electrons. The Labute approximate surface area is 167 Å². The van der Waals surface area contributed by atoms with E-state index < -0.39 is 0 Å². The van der Waals surface area contributed by atoms with Crippen LogP contribution in [0.5, 0.6) is 0 Å². The van der Waals surface area contributed by atoms with Gasteiger partial charge in [-0.25, -0.2) is 4.98 Å². The van der Waals surface area contributed by atoms with Gasteiger partial charge in [-0.15, -0.1) is 0 Å². The topological polar surface area (TPSA) is 45.7 Å². The number of ether oxygens (including phenoxy) is 1. The summed E-state index contributed by atoms with van der Waals surface area (Å²) in [6, 6.07) is 14.6. The number of rotatable bonds is 3. The average Bonchev–Trinajstić information content (AvgIpc) is 3.17. The van der Waals surface area contributed by atoms with E-state index in [2.05, 4.69) is 40.2 Å².